The molecule has 0 amide bonds. The van der Waals surface area contributed by atoms with Crippen LogP contribution in [-0.2, 0) is 48.0 Å². The lowest BCUT2D eigenvalue weighted by molar-refractivity contribution is -0.728. The number of ketones is 1. The molecule has 3 aromatic rings. The molecular formula is C45H62ClN2O12S+. The van der Waals surface area contributed by atoms with Gasteiger partial charge in [0.15, 0.2) is 12.4 Å². The molecule has 1 heterocycles. The van der Waals surface area contributed by atoms with Gasteiger partial charge in [-0.1, -0.05) is 43.1 Å². The zero-order chi connectivity index (χ0) is 44.5. The van der Waals surface area contributed by atoms with Gasteiger partial charge in [-0.25, -0.2) is 8.42 Å². The number of ether oxygens (including phenoxy) is 3. The van der Waals surface area contributed by atoms with Gasteiger partial charge in [0.25, 0.3) is 6.73 Å². The number of benzene rings is 2. The Bertz CT molecular complexity index is 2070. The van der Waals surface area contributed by atoms with E-state index in [1.54, 1.807) is 39.8 Å². The largest absolute Gasteiger partial charge is 0.490 e. The lowest BCUT2D eigenvalue weighted by Crippen LogP contribution is -2.45. The van der Waals surface area contributed by atoms with E-state index in [-0.39, 0.29) is 68.4 Å². The molecule has 5 rings (SSSR count). The van der Waals surface area contributed by atoms with Crippen LogP contribution >= 0.6 is 11.6 Å². The number of sulfonamides is 1. The molecule has 2 aliphatic carbocycles. The van der Waals surface area contributed by atoms with E-state index in [2.05, 4.69) is 0 Å². The molecule has 16 heteroatoms. The highest BCUT2D eigenvalue weighted by Gasteiger charge is 2.49. The molecule has 0 saturated heterocycles. The van der Waals surface area contributed by atoms with Crippen LogP contribution in [-0.4, -0.2) is 100 Å². The van der Waals surface area contributed by atoms with E-state index in [0.29, 0.717) is 42.7 Å². The van der Waals surface area contributed by atoms with Crippen molar-refractivity contribution < 1.29 is 62.3 Å². The third-order valence-corrected chi connectivity index (χ3v) is 13.4. The van der Waals surface area contributed by atoms with E-state index >= 15 is 0 Å². The lowest BCUT2D eigenvalue weighted by atomic mass is 9.96. The van der Waals surface area contributed by atoms with Crippen molar-refractivity contribution in [3.8, 4) is 16.9 Å². The Hall–Kier alpha value is -3.51. The molecule has 4 atom stereocenters. The number of aromatic nitrogens is 1. The van der Waals surface area contributed by atoms with E-state index in [0.717, 1.165) is 35.3 Å². The van der Waals surface area contributed by atoms with Crippen LogP contribution in [0.5, 0.6) is 5.75 Å². The maximum absolute atomic E-state index is 13.9. The summed E-state index contributed by atoms with van der Waals surface area (Å²) in [6.07, 6.45) is 2.47. The molecule has 0 unspecified atom stereocenters. The molecule has 2 fully saturated rings. The van der Waals surface area contributed by atoms with Gasteiger partial charge in [0.1, 0.15) is 35.4 Å². The Morgan fingerprint density at radius 2 is 1.66 bits per heavy atom. The molecule has 0 radical (unpaired) electrons. The number of nitrogens with zero attached hydrogens (tertiary/aromatic N) is 2. The minimum absolute atomic E-state index is 0.0149. The fraction of sp³-hybridized carbons (Fsp3) is 0.578. The maximum Gasteiger partial charge on any atom is 0.316 e. The van der Waals surface area contributed by atoms with Gasteiger partial charge in [-0.3, -0.25) is 9.59 Å². The van der Waals surface area contributed by atoms with Crippen molar-refractivity contribution >= 4 is 33.4 Å². The Morgan fingerprint density at radius 3 is 2.31 bits per heavy atom. The summed E-state index contributed by atoms with van der Waals surface area (Å²) in [5, 5.41) is 48.6. The molecule has 0 bridgehead atoms. The predicted molar refractivity (Wildman–Crippen MR) is 227 cm³/mol. The number of pyridine rings is 1. The highest BCUT2D eigenvalue weighted by atomic mass is 35.5. The van der Waals surface area contributed by atoms with Gasteiger partial charge in [0.05, 0.1) is 41.3 Å². The third-order valence-electron chi connectivity index (χ3n) is 11.1. The minimum Gasteiger partial charge on any atom is -0.490 e. The van der Waals surface area contributed by atoms with Crippen LogP contribution in [0, 0.1) is 5.41 Å². The molecule has 2 aliphatic rings. The molecule has 2 aromatic carbocycles. The molecule has 2 saturated carbocycles. The number of halogens is 1. The van der Waals surface area contributed by atoms with Crippen molar-refractivity contribution in [1.82, 2.24) is 4.31 Å². The zero-order valence-corrected chi connectivity index (χ0v) is 37.1. The number of aliphatic hydroxyl groups is 5. The number of Topliss-reactive ketones (excluding diaryl/α,β-unsaturated/α-hetero) is 1. The van der Waals surface area contributed by atoms with Crippen LogP contribution in [0.4, 0.5) is 0 Å². The number of unbranched alkanes of at least 4 members (excludes halogenated alkanes) is 2. The SMILES string of the molecule is CCN(CCCCCC(=O)CC[C@H](O)[C@@H](O)[C@H](O)[C@H](O)CO)S(=O)(=O)c1ccc(Cl)c(COC2(c3c[n+](COC(=O)C(C)(C)C)ccc3-c3ccccc3OC3CC3)CC2)c1. The van der Waals surface area contributed by atoms with E-state index in [1.165, 1.54) is 10.4 Å². The van der Waals surface area contributed by atoms with Gasteiger partial charge >= 0.3 is 5.97 Å². The van der Waals surface area contributed by atoms with Crippen molar-refractivity contribution in [3.63, 3.8) is 0 Å². The Kier molecular flexibility index (Phi) is 16.9. The monoisotopic (exact) mass is 889 g/mol. The van der Waals surface area contributed by atoms with Crippen LogP contribution in [0.25, 0.3) is 11.1 Å². The summed E-state index contributed by atoms with van der Waals surface area (Å²) in [6, 6.07) is 14.5. The van der Waals surface area contributed by atoms with Gasteiger partial charge in [-0.05, 0) is 95.5 Å². The molecule has 14 nitrogen and oxygen atoms in total. The second-order valence-corrected chi connectivity index (χ2v) is 19.5. The highest BCUT2D eigenvalue weighted by Crippen LogP contribution is 2.53. The van der Waals surface area contributed by atoms with E-state index in [9.17, 15) is 38.4 Å². The summed E-state index contributed by atoms with van der Waals surface area (Å²) in [5.41, 5.74) is 1.86. The summed E-state index contributed by atoms with van der Waals surface area (Å²) < 4.78 is 49.7. The molecule has 61 heavy (non-hydrogen) atoms. The number of hydrogen-bond donors (Lipinski definition) is 5. The molecule has 0 spiro atoms. The second kappa shape index (κ2) is 21.2. The molecule has 5 N–H and O–H groups in total. The van der Waals surface area contributed by atoms with Gasteiger partial charge in [0, 0.05) is 48.1 Å². The number of rotatable bonds is 25. The molecule has 0 aliphatic heterocycles. The van der Waals surface area contributed by atoms with Crippen molar-refractivity contribution in [2.24, 2.45) is 5.41 Å². The van der Waals surface area contributed by atoms with Gasteiger partial charge in [-0.2, -0.15) is 8.87 Å². The van der Waals surface area contributed by atoms with Gasteiger partial charge < -0.3 is 39.7 Å². The number of carbonyl (C=O) groups is 2. The predicted octanol–water partition coefficient (Wildman–Crippen LogP) is 4.94. The fourth-order valence-corrected chi connectivity index (χ4v) is 8.63. The Morgan fingerprint density at radius 1 is 0.951 bits per heavy atom. The topological polar surface area (TPSA) is 204 Å². The number of esters is 1. The quantitative estimate of drug-likeness (QED) is 0.0436. The van der Waals surface area contributed by atoms with E-state index < -0.39 is 52.1 Å². The van der Waals surface area contributed by atoms with Gasteiger partial charge in [0.2, 0.25) is 10.0 Å². The molecule has 336 valence electrons. The Balaban J connectivity index is 1.23. The first kappa shape index (κ1) is 48.5. The summed E-state index contributed by atoms with van der Waals surface area (Å²) in [6.45, 7) is 6.89. The third kappa shape index (κ3) is 13.0. The van der Waals surface area contributed by atoms with Crippen molar-refractivity contribution in [2.45, 2.75) is 146 Å². The van der Waals surface area contributed by atoms with E-state index in [1.807, 2.05) is 47.3 Å². The number of para-hydroxylation sites is 1. The zero-order valence-electron chi connectivity index (χ0n) is 35.5. The first-order chi connectivity index (χ1) is 28.9. The van der Waals surface area contributed by atoms with Crippen LogP contribution in [0.1, 0.15) is 103 Å². The first-order valence-electron chi connectivity index (χ1n) is 21.1. The summed E-state index contributed by atoms with van der Waals surface area (Å²) >= 11 is 6.68. The lowest BCUT2D eigenvalue weighted by Gasteiger charge is -2.25. The van der Waals surface area contributed by atoms with E-state index in [4.69, 9.17) is 30.9 Å². The standard InChI is InChI=1S/C45H62ClN2O12S/c1-5-48(23-10-6-7-11-31(50)14-19-38(51)41(53)42(54)39(52)27-49)61(56,57)33-17-18-37(46)30(25-33)28-59-45(21-22-45)36-26-47(29-58-43(55)44(2,3)4)24-20-34(36)35-12-8-9-13-40(35)60-32-15-16-32/h8-9,12-13,17-18,20,24-26,32,38-39,41-42,49,51-54H,5-7,10-11,14-16,19,21-23,27-29H2,1-4H3/q+1/t38-,39+,41+,42+/m0/s1. The van der Waals surface area contributed by atoms with Crippen LogP contribution in [0.3, 0.4) is 0 Å². The highest BCUT2D eigenvalue weighted by molar-refractivity contribution is 7.89. The maximum atomic E-state index is 13.9. The summed E-state index contributed by atoms with van der Waals surface area (Å²) in [4.78, 5) is 25.1. The average Bonchev–Trinajstić information content (AvgIpc) is 4.19. The van der Waals surface area contributed by atoms with Crippen molar-refractivity contribution in [3.05, 3.63) is 77.1 Å². The van der Waals surface area contributed by atoms with Crippen molar-refractivity contribution in [2.75, 3.05) is 19.7 Å². The Labute approximate surface area is 364 Å². The number of carbonyl (C=O) groups excluding carboxylic acids is 2. The fourth-order valence-electron chi connectivity index (χ4n) is 6.92. The summed E-state index contributed by atoms with van der Waals surface area (Å²) in [5.74, 6) is 0.289. The van der Waals surface area contributed by atoms with Crippen LogP contribution in [0.2, 0.25) is 5.02 Å². The normalized spacial score (nSPS) is 17.1. The van der Waals surface area contributed by atoms with Crippen molar-refractivity contribution in [1.29, 1.82) is 0 Å². The van der Waals surface area contributed by atoms with Gasteiger partial charge in [-0.15, -0.1) is 0 Å². The average molecular weight is 891 g/mol. The number of aliphatic hydroxyl groups excluding tert-OH is 5. The second-order valence-electron chi connectivity index (χ2n) is 17.1. The summed E-state index contributed by atoms with van der Waals surface area (Å²) in [7, 11) is -3.92. The van der Waals surface area contributed by atoms with Crippen LogP contribution in [0.15, 0.2) is 65.8 Å². The minimum atomic E-state index is -3.92. The first-order valence-corrected chi connectivity index (χ1v) is 23.0. The smallest absolute Gasteiger partial charge is 0.316 e. The number of hydrogen-bond acceptors (Lipinski definition) is 12. The van der Waals surface area contributed by atoms with Crippen LogP contribution < -0.4 is 9.30 Å². The molecule has 1 aromatic heterocycles. The molecular weight excluding hydrogens is 828 g/mol.